The van der Waals surface area contributed by atoms with E-state index >= 15 is 0 Å². The standard InChI is InChI=1S/C16H12ClF2N3O/c17-12-2-1-3-13(19)15(12)16(23)20-7-6-11-9-22-8-10(18)4-5-14(22)21-11/h1-5,8-9H,6-7H2,(H,20,23). The summed E-state index contributed by atoms with van der Waals surface area (Å²) in [6, 6.07) is 6.96. The molecule has 2 aromatic heterocycles. The number of carbonyl (C=O) groups excluding carboxylic acids is 1. The Morgan fingerprint density at radius 3 is 2.83 bits per heavy atom. The molecule has 1 amide bonds. The van der Waals surface area contributed by atoms with Crippen LogP contribution in [0, 0.1) is 11.6 Å². The third-order valence-corrected chi connectivity index (χ3v) is 3.64. The van der Waals surface area contributed by atoms with E-state index in [1.54, 1.807) is 16.7 Å². The molecule has 0 atom stereocenters. The number of rotatable bonds is 4. The van der Waals surface area contributed by atoms with E-state index in [2.05, 4.69) is 10.3 Å². The van der Waals surface area contributed by atoms with Gasteiger partial charge in [-0.25, -0.2) is 13.8 Å². The Morgan fingerprint density at radius 1 is 1.22 bits per heavy atom. The van der Waals surface area contributed by atoms with Crippen molar-refractivity contribution in [2.24, 2.45) is 0 Å². The molecule has 0 spiro atoms. The maximum atomic E-state index is 13.6. The van der Waals surface area contributed by atoms with Gasteiger partial charge in [0, 0.05) is 25.4 Å². The molecular weight excluding hydrogens is 324 g/mol. The number of nitrogens with zero attached hydrogens (tertiary/aromatic N) is 2. The fraction of sp³-hybridized carbons (Fsp3) is 0.125. The maximum absolute atomic E-state index is 13.6. The Balaban J connectivity index is 1.65. The molecule has 1 aromatic carbocycles. The lowest BCUT2D eigenvalue weighted by Crippen LogP contribution is -2.27. The first kappa shape index (κ1) is 15.4. The van der Waals surface area contributed by atoms with Crippen LogP contribution in [0.5, 0.6) is 0 Å². The van der Waals surface area contributed by atoms with Gasteiger partial charge in [0.1, 0.15) is 17.3 Å². The predicted octanol–water partition coefficient (Wildman–Crippen LogP) is 3.24. The van der Waals surface area contributed by atoms with Crippen LogP contribution in [-0.2, 0) is 6.42 Å². The van der Waals surface area contributed by atoms with Crippen molar-refractivity contribution in [3.05, 3.63) is 70.6 Å². The number of carbonyl (C=O) groups is 1. The number of hydrogen-bond acceptors (Lipinski definition) is 2. The third kappa shape index (κ3) is 3.32. The highest BCUT2D eigenvalue weighted by Crippen LogP contribution is 2.18. The van der Waals surface area contributed by atoms with E-state index < -0.39 is 11.7 Å². The zero-order valence-electron chi connectivity index (χ0n) is 11.9. The Morgan fingerprint density at radius 2 is 2.04 bits per heavy atom. The molecule has 0 saturated carbocycles. The smallest absolute Gasteiger partial charge is 0.255 e. The van der Waals surface area contributed by atoms with Crippen LogP contribution < -0.4 is 5.32 Å². The zero-order chi connectivity index (χ0) is 16.4. The molecule has 4 nitrogen and oxygen atoms in total. The van der Waals surface area contributed by atoms with Gasteiger partial charge in [-0.2, -0.15) is 0 Å². The Labute approximate surface area is 135 Å². The minimum atomic E-state index is -0.668. The zero-order valence-corrected chi connectivity index (χ0v) is 12.6. The van der Waals surface area contributed by atoms with Gasteiger partial charge in [-0.15, -0.1) is 0 Å². The van der Waals surface area contributed by atoms with Crippen molar-refractivity contribution in [1.82, 2.24) is 14.7 Å². The molecule has 0 aliphatic heterocycles. The SMILES string of the molecule is O=C(NCCc1cn2cc(F)ccc2n1)c1c(F)cccc1Cl. The van der Waals surface area contributed by atoms with Crippen LogP contribution in [0.15, 0.2) is 42.7 Å². The van der Waals surface area contributed by atoms with Gasteiger partial charge in [0.05, 0.1) is 16.3 Å². The topological polar surface area (TPSA) is 46.4 Å². The van der Waals surface area contributed by atoms with E-state index in [-0.39, 0.29) is 22.9 Å². The molecule has 0 aliphatic rings. The maximum Gasteiger partial charge on any atom is 0.255 e. The molecule has 1 N–H and O–H groups in total. The second-order valence-corrected chi connectivity index (χ2v) is 5.35. The van der Waals surface area contributed by atoms with Crippen LogP contribution in [0.2, 0.25) is 5.02 Å². The van der Waals surface area contributed by atoms with Gasteiger partial charge >= 0.3 is 0 Å². The van der Waals surface area contributed by atoms with E-state index in [1.807, 2.05) is 0 Å². The van der Waals surface area contributed by atoms with E-state index in [9.17, 15) is 13.6 Å². The number of fused-ring (bicyclic) bond motifs is 1. The number of benzene rings is 1. The van der Waals surface area contributed by atoms with Gasteiger partial charge in [-0.1, -0.05) is 17.7 Å². The summed E-state index contributed by atoms with van der Waals surface area (Å²) >= 11 is 5.84. The van der Waals surface area contributed by atoms with Crippen molar-refractivity contribution in [3.63, 3.8) is 0 Å². The molecular formula is C16H12ClF2N3O. The third-order valence-electron chi connectivity index (χ3n) is 3.32. The highest BCUT2D eigenvalue weighted by atomic mass is 35.5. The van der Waals surface area contributed by atoms with Crippen LogP contribution in [0.1, 0.15) is 16.1 Å². The second kappa shape index (κ2) is 6.34. The summed E-state index contributed by atoms with van der Waals surface area (Å²) in [5.74, 6) is -1.61. The van der Waals surface area contributed by atoms with E-state index in [1.165, 1.54) is 30.5 Å². The average molecular weight is 336 g/mol. The van der Waals surface area contributed by atoms with Crippen molar-refractivity contribution >= 4 is 23.2 Å². The van der Waals surface area contributed by atoms with Crippen LogP contribution in [-0.4, -0.2) is 21.8 Å². The first-order valence-corrected chi connectivity index (χ1v) is 7.28. The van der Waals surface area contributed by atoms with Gasteiger partial charge < -0.3 is 9.72 Å². The number of imidazole rings is 1. The molecule has 3 rings (SSSR count). The normalized spacial score (nSPS) is 10.9. The quantitative estimate of drug-likeness (QED) is 0.795. The monoisotopic (exact) mass is 335 g/mol. The number of halogens is 3. The average Bonchev–Trinajstić information content (AvgIpc) is 2.88. The van der Waals surface area contributed by atoms with Gasteiger partial charge in [0.25, 0.3) is 5.91 Å². The molecule has 0 fully saturated rings. The van der Waals surface area contributed by atoms with Crippen LogP contribution in [0.3, 0.4) is 0 Å². The lowest BCUT2D eigenvalue weighted by molar-refractivity contribution is 0.0950. The Hall–Kier alpha value is -2.47. The van der Waals surface area contributed by atoms with E-state index in [4.69, 9.17) is 11.6 Å². The highest BCUT2D eigenvalue weighted by Gasteiger charge is 2.15. The fourth-order valence-electron chi connectivity index (χ4n) is 2.24. The molecule has 118 valence electrons. The first-order chi connectivity index (χ1) is 11.0. The minimum absolute atomic E-state index is 0.0608. The van der Waals surface area contributed by atoms with E-state index in [0.717, 1.165) is 0 Å². The molecule has 0 aliphatic carbocycles. The van der Waals surface area contributed by atoms with Gasteiger partial charge in [0.15, 0.2) is 0 Å². The summed E-state index contributed by atoms with van der Waals surface area (Å²) in [6.45, 7) is 0.260. The summed E-state index contributed by atoms with van der Waals surface area (Å²) in [6.07, 6.45) is 3.44. The van der Waals surface area contributed by atoms with Gasteiger partial charge in [-0.05, 0) is 24.3 Å². The number of nitrogens with one attached hydrogen (secondary N) is 1. The molecule has 7 heteroatoms. The largest absolute Gasteiger partial charge is 0.352 e. The van der Waals surface area contributed by atoms with Crippen molar-refractivity contribution in [2.75, 3.05) is 6.54 Å². The van der Waals surface area contributed by atoms with Crippen LogP contribution in [0.4, 0.5) is 8.78 Å². The number of hydrogen-bond donors (Lipinski definition) is 1. The molecule has 0 unspecified atom stereocenters. The predicted molar refractivity (Wildman–Crippen MR) is 82.6 cm³/mol. The van der Waals surface area contributed by atoms with Crippen molar-refractivity contribution in [3.8, 4) is 0 Å². The van der Waals surface area contributed by atoms with Crippen molar-refractivity contribution in [2.45, 2.75) is 6.42 Å². The highest BCUT2D eigenvalue weighted by molar-refractivity contribution is 6.33. The summed E-state index contributed by atoms with van der Waals surface area (Å²) in [5.41, 5.74) is 1.13. The fourth-order valence-corrected chi connectivity index (χ4v) is 2.49. The lowest BCUT2D eigenvalue weighted by atomic mass is 10.2. The summed E-state index contributed by atoms with van der Waals surface area (Å²) in [4.78, 5) is 16.3. The molecule has 0 saturated heterocycles. The minimum Gasteiger partial charge on any atom is -0.352 e. The number of pyridine rings is 1. The van der Waals surface area contributed by atoms with Crippen LogP contribution in [0.25, 0.3) is 5.65 Å². The molecule has 3 aromatic rings. The molecule has 2 heterocycles. The Kier molecular flexibility index (Phi) is 4.25. The van der Waals surface area contributed by atoms with Gasteiger partial charge in [0.2, 0.25) is 0 Å². The lowest BCUT2D eigenvalue weighted by Gasteiger charge is -2.06. The molecule has 0 bridgehead atoms. The van der Waals surface area contributed by atoms with Crippen molar-refractivity contribution < 1.29 is 13.6 Å². The summed E-state index contributed by atoms with van der Waals surface area (Å²) < 4.78 is 28.3. The second-order valence-electron chi connectivity index (χ2n) is 4.95. The summed E-state index contributed by atoms with van der Waals surface area (Å²) in [7, 11) is 0. The number of amides is 1. The first-order valence-electron chi connectivity index (χ1n) is 6.90. The Bertz CT molecular complexity index is 859. The number of aromatic nitrogens is 2. The molecule has 0 radical (unpaired) electrons. The van der Waals surface area contributed by atoms with Crippen molar-refractivity contribution in [1.29, 1.82) is 0 Å². The van der Waals surface area contributed by atoms with E-state index in [0.29, 0.717) is 17.8 Å². The van der Waals surface area contributed by atoms with Crippen LogP contribution >= 0.6 is 11.6 Å². The van der Waals surface area contributed by atoms with Gasteiger partial charge in [-0.3, -0.25) is 4.79 Å². The summed E-state index contributed by atoms with van der Waals surface area (Å²) in [5, 5.41) is 2.66. The molecule has 23 heavy (non-hydrogen) atoms.